The van der Waals surface area contributed by atoms with Gasteiger partial charge in [0.05, 0.1) is 11.3 Å². The molecule has 0 saturated carbocycles. The Morgan fingerprint density at radius 3 is 1.65 bits per heavy atom. The van der Waals surface area contributed by atoms with Gasteiger partial charge in [0.15, 0.2) is 0 Å². The van der Waals surface area contributed by atoms with Crippen molar-refractivity contribution in [1.82, 2.24) is 0 Å². The molecule has 3 nitrogen and oxygen atoms in total. The molecular formula is C57H68BIN2O. The van der Waals surface area contributed by atoms with Crippen LogP contribution in [0, 0.1) is 0 Å². The zero-order valence-electron chi connectivity index (χ0n) is 40.2. The summed E-state index contributed by atoms with van der Waals surface area (Å²) >= 11 is 2.57. The molecule has 2 aliphatic carbocycles. The van der Waals surface area contributed by atoms with Gasteiger partial charge in [-0.1, -0.05) is 139 Å². The van der Waals surface area contributed by atoms with Crippen LogP contribution >= 0.6 is 22.6 Å². The van der Waals surface area contributed by atoms with Crippen LogP contribution in [-0.4, -0.2) is 6.71 Å². The Morgan fingerprint density at radius 2 is 1.11 bits per heavy atom. The third kappa shape index (κ3) is 6.80. The van der Waals surface area contributed by atoms with E-state index in [-0.39, 0.29) is 39.2 Å². The Hall–Kier alpha value is -3.97. The van der Waals surface area contributed by atoms with Gasteiger partial charge in [-0.25, -0.2) is 0 Å². The van der Waals surface area contributed by atoms with E-state index in [2.05, 4.69) is 227 Å². The molecule has 1 aromatic heterocycles. The summed E-state index contributed by atoms with van der Waals surface area (Å²) in [6.45, 7) is 35.4. The van der Waals surface area contributed by atoms with Gasteiger partial charge >= 0.3 is 0 Å². The predicted molar refractivity (Wildman–Crippen MR) is 278 cm³/mol. The predicted octanol–water partition coefficient (Wildman–Crippen LogP) is 15.0. The highest BCUT2D eigenvalue weighted by atomic mass is 127. The van der Waals surface area contributed by atoms with E-state index in [1.54, 1.807) is 0 Å². The molecule has 0 bridgehead atoms. The van der Waals surface area contributed by atoms with Gasteiger partial charge in [-0.2, -0.15) is 0 Å². The van der Waals surface area contributed by atoms with Crippen molar-refractivity contribution < 1.29 is 4.42 Å². The average Bonchev–Trinajstić information content (AvgIpc) is 3.62. The van der Waals surface area contributed by atoms with E-state index in [0.29, 0.717) is 0 Å². The first-order chi connectivity index (χ1) is 28.9. The largest absolute Gasteiger partial charge is 0.472 e. The van der Waals surface area contributed by atoms with Crippen LogP contribution in [0.3, 0.4) is 0 Å². The van der Waals surface area contributed by atoms with Gasteiger partial charge in [-0.3, -0.25) is 0 Å². The molecule has 322 valence electrons. The van der Waals surface area contributed by atoms with Gasteiger partial charge in [-0.15, -0.1) is 0 Å². The maximum absolute atomic E-state index is 7.70. The van der Waals surface area contributed by atoms with Crippen LogP contribution in [0.25, 0.3) is 3.58 Å². The third-order valence-electron chi connectivity index (χ3n) is 15.2. The topological polar surface area (TPSA) is 19.6 Å². The van der Waals surface area contributed by atoms with E-state index in [9.17, 15) is 0 Å². The van der Waals surface area contributed by atoms with Crippen LogP contribution in [0.5, 0.6) is 0 Å². The molecule has 0 N–H and O–H groups in total. The Kier molecular flexibility index (Phi) is 9.96. The number of furan rings is 1. The second-order valence-electron chi connectivity index (χ2n) is 23.7. The molecule has 0 saturated heterocycles. The Bertz CT molecular complexity index is 2670. The molecule has 3 heterocycles. The number of allylic oxidation sites excluding steroid dienone is 3. The summed E-state index contributed by atoms with van der Waals surface area (Å²) in [7, 11) is 0. The molecule has 0 amide bonds. The van der Waals surface area contributed by atoms with Crippen LogP contribution < -0.4 is 26.4 Å². The lowest BCUT2D eigenvalue weighted by Crippen LogP contribution is -2.61. The summed E-state index contributed by atoms with van der Waals surface area (Å²) in [6.07, 6.45) is 11.1. The fraction of sp³-hybridized carbons (Fsp3) is 0.439. The minimum absolute atomic E-state index is 0.0402. The molecule has 2 aliphatic heterocycles. The van der Waals surface area contributed by atoms with E-state index in [4.69, 9.17) is 4.42 Å². The molecule has 5 aromatic rings. The molecule has 5 heteroatoms. The molecule has 0 atom stereocenters. The number of anilines is 6. The first-order valence-electron chi connectivity index (χ1n) is 23.2. The first kappa shape index (κ1) is 43.3. The van der Waals surface area contributed by atoms with Crippen LogP contribution in [0.15, 0.2) is 95.4 Å². The van der Waals surface area contributed by atoms with Crippen LogP contribution in [0.2, 0.25) is 0 Å². The SMILES string of the molecule is C/C=C\C=C(/I)c1cc2c3c(c1)N(c1ccc(C(C)(C)C)cc1)c1c(oc4c1C(C)(C)CCC4(C)C)B3c1cc3c(cc1N2c1ccc(C(C)(C)C)cc1)C(C)(C)CCC3(C)C. The number of hydrogen-bond acceptors (Lipinski definition) is 3. The van der Waals surface area contributed by atoms with E-state index in [1.165, 1.54) is 82.0 Å². The van der Waals surface area contributed by atoms with Crippen molar-refractivity contribution in [1.29, 1.82) is 0 Å². The second kappa shape index (κ2) is 14.3. The fourth-order valence-electron chi connectivity index (χ4n) is 11.0. The number of rotatable bonds is 4. The number of nitrogens with zero attached hydrogens (tertiary/aromatic N) is 2. The summed E-state index contributed by atoms with van der Waals surface area (Å²) in [5.74, 6) is 1.16. The zero-order valence-corrected chi connectivity index (χ0v) is 42.4. The molecular weight excluding hydrogens is 866 g/mol. The van der Waals surface area contributed by atoms with Gasteiger partial charge in [0, 0.05) is 43.0 Å². The molecule has 62 heavy (non-hydrogen) atoms. The quantitative estimate of drug-likeness (QED) is 0.0996. The summed E-state index contributed by atoms with van der Waals surface area (Å²) in [5.41, 5.74) is 19.3. The Balaban J connectivity index is 1.46. The lowest BCUT2D eigenvalue weighted by atomic mass is 9.35. The van der Waals surface area contributed by atoms with Gasteiger partial charge in [0.25, 0.3) is 6.71 Å². The lowest BCUT2D eigenvalue weighted by Gasteiger charge is -2.47. The van der Waals surface area contributed by atoms with E-state index in [1.807, 2.05) is 0 Å². The van der Waals surface area contributed by atoms with E-state index < -0.39 is 0 Å². The highest BCUT2D eigenvalue weighted by molar-refractivity contribution is 14.1. The number of benzene rings is 4. The average molecular weight is 935 g/mol. The highest BCUT2D eigenvalue weighted by Gasteiger charge is 2.53. The van der Waals surface area contributed by atoms with Crippen molar-refractivity contribution in [3.63, 3.8) is 0 Å². The molecule has 0 radical (unpaired) electrons. The van der Waals surface area contributed by atoms with Gasteiger partial charge in [-0.05, 0) is 170 Å². The molecule has 4 aliphatic rings. The number of halogens is 1. The number of fused-ring (bicyclic) bond motifs is 7. The van der Waals surface area contributed by atoms with E-state index in [0.717, 1.165) is 37.1 Å². The monoisotopic (exact) mass is 934 g/mol. The molecule has 0 spiro atoms. The zero-order chi connectivity index (χ0) is 44.7. The maximum Gasteiger partial charge on any atom is 0.297 e. The van der Waals surface area contributed by atoms with Crippen molar-refractivity contribution in [2.75, 3.05) is 9.80 Å². The fourth-order valence-corrected chi connectivity index (χ4v) is 11.5. The normalized spacial score (nSPS) is 19.5. The minimum atomic E-state index is -0.102. The highest BCUT2D eigenvalue weighted by Crippen LogP contribution is 2.56. The standard InChI is InChI=1S/C57H68BIN2O/c1-16-17-18-43(59)35-31-45-48-46(32-35)61(39-25-21-37(22-26-39)53(5,6)7)49-47-50(57(14,15)30-29-56(47,12)13)62-51(49)58(48)42-33-40-41(55(10,11)28-27-54(40,8)9)34-44(42)60(45)38-23-19-36(20-24-38)52(2,3)4/h16-26,31-34H,27-30H2,1-15H3/b17-16-,43-18-. The summed E-state index contributed by atoms with van der Waals surface area (Å²) in [5, 5.41) is 0. The van der Waals surface area contributed by atoms with Gasteiger partial charge < -0.3 is 14.2 Å². The van der Waals surface area contributed by atoms with Crippen LogP contribution in [0.4, 0.5) is 34.1 Å². The lowest BCUT2D eigenvalue weighted by molar-refractivity contribution is 0.282. The summed E-state index contributed by atoms with van der Waals surface area (Å²) < 4.78 is 8.91. The van der Waals surface area contributed by atoms with E-state index >= 15 is 0 Å². The van der Waals surface area contributed by atoms with Crippen molar-refractivity contribution in [2.45, 2.75) is 162 Å². The smallest absolute Gasteiger partial charge is 0.297 e. The Labute approximate surface area is 387 Å². The first-order valence-corrected chi connectivity index (χ1v) is 24.3. The summed E-state index contributed by atoms with van der Waals surface area (Å²) in [6, 6.07) is 29.1. The van der Waals surface area contributed by atoms with Crippen molar-refractivity contribution in [3.05, 3.63) is 130 Å². The second-order valence-corrected chi connectivity index (χ2v) is 24.8. The van der Waals surface area contributed by atoms with Crippen molar-refractivity contribution in [2.24, 2.45) is 0 Å². The third-order valence-corrected chi connectivity index (χ3v) is 16.2. The van der Waals surface area contributed by atoms with Crippen LogP contribution in [0.1, 0.15) is 169 Å². The van der Waals surface area contributed by atoms with Crippen molar-refractivity contribution in [3.8, 4) is 0 Å². The molecule has 4 aromatic carbocycles. The number of hydrogen-bond donors (Lipinski definition) is 0. The Morgan fingerprint density at radius 1 is 0.629 bits per heavy atom. The minimum Gasteiger partial charge on any atom is -0.472 e. The summed E-state index contributed by atoms with van der Waals surface area (Å²) in [4.78, 5) is 5.23. The molecule has 0 fully saturated rings. The van der Waals surface area contributed by atoms with Crippen LogP contribution in [-0.2, 0) is 32.5 Å². The maximum atomic E-state index is 7.70. The van der Waals surface area contributed by atoms with Crippen molar-refractivity contribution >= 4 is 83.6 Å². The molecule has 9 rings (SSSR count). The van der Waals surface area contributed by atoms with Gasteiger partial charge in [0.2, 0.25) is 0 Å². The molecule has 0 unspecified atom stereocenters. The van der Waals surface area contributed by atoms with Gasteiger partial charge in [0.1, 0.15) is 5.76 Å².